The summed E-state index contributed by atoms with van der Waals surface area (Å²) >= 11 is 0. The van der Waals surface area contributed by atoms with Crippen LogP contribution in [0.5, 0.6) is 5.88 Å². The second kappa shape index (κ2) is 6.94. The van der Waals surface area contributed by atoms with Crippen LogP contribution in [0.3, 0.4) is 0 Å². The third-order valence-electron chi connectivity index (χ3n) is 5.33. The lowest BCUT2D eigenvalue weighted by Gasteiger charge is -2.24. The molecule has 30 heavy (non-hydrogen) atoms. The summed E-state index contributed by atoms with van der Waals surface area (Å²) in [6.07, 6.45) is 3.68. The fourth-order valence-corrected chi connectivity index (χ4v) is 3.88. The average Bonchev–Trinajstić information content (AvgIpc) is 3.39. The summed E-state index contributed by atoms with van der Waals surface area (Å²) in [5.41, 5.74) is 10.9. The molecule has 0 fully saturated rings. The highest BCUT2D eigenvalue weighted by molar-refractivity contribution is 5.70. The molecule has 5 rings (SSSR count). The third kappa shape index (κ3) is 2.74. The summed E-state index contributed by atoms with van der Waals surface area (Å²) in [7, 11) is 0. The van der Waals surface area contributed by atoms with Crippen LogP contribution in [0, 0.1) is 18.3 Å². The Bertz CT molecular complexity index is 1290. The largest absolute Gasteiger partial charge is 0.420 e. The summed E-state index contributed by atoms with van der Waals surface area (Å²) in [5, 5.41) is 17.2. The van der Waals surface area contributed by atoms with Crippen LogP contribution in [0.4, 0.5) is 0 Å². The number of allylic oxidation sites excluding steroid dienone is 1. The van der Waals surface area contributed by atoms with Gasteiger partial charge in [0.05, 0.1) is 17.2 Å². The molecule has 7 heteroatoms. The van der Waals surface area contributed by atoms with Crippen molar-refractivity contribution in [3.63, 3.8) is 0 Å². The second-order valence-corrected chi connectivity index (χ2v) is 7.04. The smallest absolute Gasteiger partial charge is 0.244 e. The van der Waals surface area contributed by atoms with Crippen LogP contribution in [0.25, 0.3) is 16.9 Å². The van der Waals surface area contributed by atoms with Gasteiger partial charge in [0.15, 0.2) is 0 Å². The van der Waals surface area contributed by atoms with Crippen molar-refractivity contribution in [1.29, 1.82) is 5.26 Å². The molecule has 0 amide bonds. The number of aromatic nitrogens is 4. The number of rotatable bonds is 3. The van der Waals surface area contributed by atoms with Gasteiger partial charge in [-0.05, 0) is 30.2 Å². The minimum atomic E-state index is -0.384. The van der Waals surface area contributed by atoms with Gasteiger partial charge in [-0.15, -0.1) is 5.10 Å². The Balaban J connectivity index is 1.65. The van der Waals surface area contributed by atoms with E-state index < -0.39 is 0 Å². The summed E-state index contributed by atoms with van der Waals surface area (Å²) in [6, 6.07) is 20.1. The summed E-state index contributed by atoms with van der Waals surface area (Å²) in [6.45, 7) is 1.95. The molecule has 146 valence electrons. The van der Waals surface area contributed by atoms with Crippen LogP contribution in [0.1, 0.15) is 22.9 Å². The van der Waals surface area contributed by atoms with Crippen LogP contribution >= 0.6 is 0 Å². The predicted molar refractivity (Wildman–Crippen MR) is 112 cm³/mol. The van der Waals surface area contributed by atoms with Crippen LogP contribution in [-0.2, 0) is 0 Å². The number of H-pyrrole nitrogens is 1. The first-order chi connectivity index (χ1) is 14.7. The lowest BCUT2D eigenvalue weighted by molar-refractivity contribution is 0.379. The number of nitrogens with zero attached hydrogens (tertiary/aromatic N) is 4. The van der Waals surface area contributed by atoms with Crippen molar-refractivity contribution >= 4 is 0 Å². The van der Waals surface area contributed by atoms with Crippen LogP contribution < -0.4 is 10.5 Å². The molecule has 1 aliphatic heterocycles. The van der Waals surface area contributed by atoms with Gasteiger partial charge >= 0.3 is 0 Å². The highest BCUT2D eigenvalue weighted by Gasteiger charge is 2.35. The van der Waals surface area contributed by atoms with Gasteiger partial charge in [-0.25, -0.2) is 4.98 Å². The molecule has 0 saturated carbocycles. The zero-order valence-electron chi connectivity index (χ0n) is 16.2. The van der Waals surface area contributed by atoms with Crippen LogP contribution in [-0.4, -0.2) is 19.7 Å². The van der Waals surface area contributed by atoms with Gasteiger partial charge in [0, 0.05) is 18.1 Å². The van der Waals surface area contributed by atoms with E-state index in [1.54, 1.807) is 6.20 Å². The standard InChI is InChI=1S/C23H18N6O/c1-14-26-11-12-29(14)17-9-7-15(8-10-17)19-18(13-24)22(25)30-23-20(19)21(27-28-23)16-5-3-2-4-6-16/h2-12,19H,25H2,1H3,(H,27,28). The fourth-order valence-electron chi connectivity index (χ4n) is 3.88. The van der Waals surface area contributed by atoms with E-state index in [1.807, 2.05) is 72.3 Å². The molecule has 3 heterocycles. The number of imidazole rings is 1. The molecule has 0 bridgehead atoms. The maximum Gasteiger partial charge on any atom is 0.244 e. The van der Waals surface area contributed by atoms with Gasteiger partial charge < -0.3 is 15.0 Å². The normalized spacial score (nSPS) is 15.4. The van der Waals surface area contributed by atoms with Gasteiger partial charge in [0.1, 0.15) is 17.5 Å². The minimum absolute atomic E-state index is 0.0793. The van der Waals surface area contributed by atoms with E-state index in [-0.39, 0.29) is 11.8 Å². The van der Waals surface area contributed by atoms with Gasteiger partial charge in [-0.1, -0.05) is 42.5 Å². The van der Waals surface area contributed by atoms with Crippen molar-refractivity contribution in [1.82, 2.24) is 19.7 Å². The molecule has 0 spiro atoms. The zero-order valence-corrected chi connectivity index (χ0v) is 16.2. The summed E-state index contributed by atoms with van der Waals surface area (Å²) in [5.74, 6) is 0.991. The Kier molecular flexibility index (Phi) is 4.11. The van der Waals surface area contributed by atoms with E-state index in [1.165, 1.54) is 0 Å². The number of benzene rings is 2. The first kappa shape index (κ1) is 17.8. The molecule has 3 N–H and O–H groups in total. The number of ether oxygens (including phenoxy) is 1. The van der Waals surface area contributed by atoms with Crippen molar-refractivity contribution < 1.29 is 4.74 Å². The molecule has 4 aromatic rings. The molecule has 0 aliphatic carbocycles. The molecule has 1 atom stereocenters. The Morgan fingerprint density at radius 2 is 1.90 bits per heavy atom. The highest BCUT2D eigenvalue weighted by atomic mass is 16.5. The number of aromatic amines is 1. The monoisotopic (exact) mass is 394 g/mol. The van der Waals surface area contributed by atoms with Gasteiger partial charge in [0.2, 0.25) is 11.8 Å². The molecule has 0 radical (unpaired) electrons. The fraction of sp³-hybridized carbons (Fsp3) is 0.0870. The van der Waals surface area contributed by atoms with Crippen molar-refractivity contribution in [3.05, 3.63) is 95.4 Å². The van der Waals surface area contributed by atoms with Gasteiger partial charge in [-0.2, -0.15) is 5.26 Å². The molecule has 2 aromatic carbocycles. The second-order valence-electron chi connectivity index (χ2n) is 7.04. The zero-order chi connectivity index (χ0) is 20.7. The van der Waals surface area contributed by atoms with E-state index in [9.17, 15) is 5.26 Å². The Morgan fingerprint density at radius 1 is 1.13 bits per heavy atom. The lowest BCUT2D eigenvalue weighted by Crippen LogP contribution is -2.21. The van der Waals surface area contributed by atoms with Gasteiger partial charge in [0.25, 0.3) is 0 Å². The number of aryl methyl sites for hydroxylation is 1. The first-order valence-corrected chi connectivity index (χ1v) is 9.49. The molecule has 0 saturated heterocycles. The number of fused-ring (bicyclic) bond motifs is 1. The Labute approximate surface area is 173 Å². The first-order valence-electron chi connectivity index (χ1n) is 9.49. The van der Waals surface area contributed by atoms with E-state index in [2.05, 4.69) is 21.3 Å². The Hall–Kier alpha value is -4.31. The SMILES string of the molecule is Cc1nccn1-c1ccc(C2C(C#N)=C(N)Oc3n[nH]c(-c4ccccc4)c32)cc1. The van der Waals surface area contributed by atoms with E-state index >= 15 is 0 Å². The van der Waals surface area contributed by atoms with E-state index in [0.717, 1.165) is 33.9 Å². The molecule has 7 nitrogen and oxygen atoms in total. The molecule has 1 unspecified atom stereocenters. The Morgan fingerprint density at radius 3 is 2.57 bits per heavy atom. The minimum Gasteiger partial charge on any atom is -0.420 e. The maximum absolute atomic E-state index is 9.85. The maximum atomic E-state index is 9.85. The van der Waals surface area contributed by atoms with Crippen LogP contribution in [0.15, 0.2) is 78.4 Å². The van der Waals surface area contributed by atoms with Crippen molar-refractivity contribution in [3.8, 4) is 28.9 Å². The lowest BCUT2D eigenvalue weighted by atomic mass is 9.83. The third-order valence-corrected chi connectivity index (χ3v) is 5.33. The van der Waals surface area contributed by atoms with E-state index in [0.29, 0.717) is 11.5 Å². The number of hydrogen-bond acceptors (Lipinski definition) is 5. The van der Waals surface area contributed by atoms with Crippen molar-refractivity contribution in [2.75, 3.05) is 0 Å². The highest BCUT2D eigenvalue weighted by Crippen LogP contribution is 2.45. The van der Waals surface area contributed by atoms with E-state index in [4.69, 9.17) is 10.5 Å². The molecule has 2 aromatic heterocycles. The van der Waals surface area contributed by atoms with Gasteiger partial charge in [-0.3, -0.25) is 5.10 Å². The van der Waals surface area contributed by atoms with Crippen molar-refractivity contribution in [2.45, 2.75) is 12.8 Å². The topological polar surface area (TPSA) is 106 Å². The average molecular weight is 394 g/mol. The quantitative estimate of drug-likeness (QED) is 0.550. The summed E-state index contributed by atoms with van der Waals surface area (Å²) in [4.78, 5) is 4.28. The molecular formula is C23H18N6O. The number of nitriles is 1. The van der Waals surface area contributed by atoms with Crippen molar-refractivity contribution in [2.24, 2.45) is 5.73 Å². The number of nitrogens with two attached hydrogens (primary N) is 1. The molecule has 1 aliphatic rings. The summed E-state index contributed by atoms with van der Waals surface area (Å²) < 4.78 is 7.67. The molecular weight excluding hydrogens is 376 g/mol. The number of nitrogens with one attached hydrogen (secondary N) is 1. The van der Waals surface area contributed by atoms with Crippen LogP contribution in [0.2, 0.25) is 0 Å². The number of hydrogen-bond donors (Lipinski definition) is 2. The predicted octanol–water partition coefficient (Wildman–Crippen LogP) is 3.79.